The van der Waals surface area contributed by atoms with Crippen molar-refractivity contribution in [2.24, 2.45) is 0 Å². The normalized spacial score (nSPS) is 19.0. The van der Waals surface area contributed by atoms with Gasteiger partial charge in [0.15, 0.2) is 0 Å². The molecule has 1 fully saturated rings. The van der Waals surface area contributed by atoms with Gasteiger partial charge in [-0.2, -0.15) is 0 Å². The SMILES string of the molecule is Clc1ccc2c(c1)CN(C1CCN(CCc3c[nH]c4ccccc34)CC1)C2. The molecule has 0 radical (unpaired) electrons. The molecule has 0 aliphatic carbocycles. The van der Waals surface area contributed by atoms with Crippen LogP contribution in [0.5, 0.6) is 0 Å². The Morgan fingerprint density at radius 3 is 2.70 bits per heavy atom. The molecule has 5 rings (SSSR count). The van der Waals surface area contributed by atoms with Crippen molar-refractivity contribution in [3.63, 3.8) is 0 Å². The van der Waals surface area contributed by atoms with Crippen LogP contribution in [0.4, 0.5) is 0 Å². The monoisotopic (exact) mass is 379 g/mol. The molecule has 140 valence electrons. The highest BCUT2D eigenvalue weighted by Crippen LogP contribution is 2.30. The van der Waals surface area contributed by atoms with E-state index >= 15 is 0 Å². The van der Waals surface area contributed by atoms with Gasteiger partial charge in [-0.1, -0.05) is 35.9 Å². The number of para-hydroxylation sites is 1. The average Bonchev–Trinajstić information content (AvgIpc) is 3.30. The van der Waals surface area contributed by atoms with Crippen molar-refractivity contribution in [2.75, 3.05) is 19.6 Å². The summed E-state index contributed by atoms with van der Waals surface area (Å²) in [4.78, 5) is 8.69. The molecule has 1 saturated heterocycles. The first-order valence-corrected chi connectivity index (χ1v) is 10.4. The number of H-pyrrole nitrogens is 1. The molecule has 0 saturated carbocycles. The molecule has 0 spiro atoms. The quantitative estimate of drug-likeness (QED) is 0.700. The molecule has 3 nitrogen and oxygen atoms in total. The number of likely N-dealkylation sites (tertiary alicyclic amines) is 1. The maximum absolute atomic E-state index is 6.16. The van der Waals surface area contributed by atoms with Gasteiger partial charge in [0.2, 0.25) is 0 Å². The minimum atomic E-state index is 0.709. The fraction of sp³-hybridized carbons (Fsp3) is 0.391. The minimum Gasteiger partial charge on any atom is -0.361 e. The van der Waals surface area contributed by atoms with Crippen molar-refractivity contribution >= 4 is 22.5 Å². The molecule has 2 aliphatic rings. The summed E-state index contributed by atoms with van der Waals surface area (Å²) >= 11 is 6.16. The summed E-state index contributed by atoms with van der Waals surface area (Å²) in [5.41, 5.74) is 5.57. The third-order valence-corrected chi connectivity index (χ3v) is 6.60. The molecule has 27 heavy (non-hydrogen) atoms. The smallest absolute Gasteiger partial charge is 0.0456 e. The summed E-state index contributed by atoms with van der Waals surface area (Å²) in [7, 11) is 0. The van der Waals surface area contributed by atoms with Crippen LogP contribution in [0.2, 0.25) is 5.02 Å². The van der Waals surface area contributed by atoms with Crippen LogP contribution in [0.3, 0.4) is 0 Å². The van der Waals surface area contributed by atoms with Crippen molar-refractivity contribution < 1.29 is 0 Å². The van der Waals surface area contributed by atoms with E-state index in [0.29, 0.717) is 6.04 Å². The summed E-state index contributed by atoms with van der Waals surface area (Å²) in [6, 6.07) is 15.7. The number of benzene rings is 2. The fourth-order valence-corrected chi connectivity index (χ4v) is 4.97. The number of nitrogens with one attached hydrogen (secondary N) is 1. The Morgan fingerprint density at radius 1 is 1.00 bits per heavy atom. The highest BCUT2D eigenvalue weighted by atomic mass is 35.5. The molecule has 1 N–H and O–H groups in total. The number of rotatable bonds is 4. The van der Waals surface area contributed by atoms with Crippen LogP contribution in [0.25, 0.3) is 10.9 Å². The van der Waals surface area contributed by atoms with E-state index in [4.69, 9.17) is 11.6 Å². The van der Waals surface area contributed by atoms with E-state index in [1.165, 1.54) is 53.5 Å². The highest BCUT2D eigenvalue weighted by Gasteiger charge is 2.29. The van der Waals surface area contributed by atoms with Crippen molar-refractivity contribution in [1.82, 2.24) is 14.8 Å². The zero-order valence-electron chi connectivity index (χ0n) is 15.6. The summed E-state index contributed by atoms with van der Waals surface area (Å²) in [6.07, 6.45) is 5.86. The Hall–Kier alpha value is -1.81. The Labute approximate surface area is 165 Å². The zero-order valence-corrected chi connectivity index (χ0v) is 16.4. The van der Waals surface area contributed by atoms with Crippen LogP contribution in [-0.4, -0.2) is 40.5 Å². The Kier molecular flexibility index (Phi) is 4.68. The molecular weight excluding hydrogens is 354 g/mol. The molecule has 4 heteroatoms. The van der Waals surface area contributed by atoms with Gasteiger partial charge in [0.05, 0.1) is 0 Å². The lowest BCUT2D eigenvalue weighted by Crippen LogP contribution is -2.43. The summed E-state index contributed by atoms with van der Waals surface area (Å²) in [5, 5.41) is 2.24. The fourth-order valence-electron chi connectivity index (χ4n) is 4.77. The van der Waals surface area contributed by atoms with Gasteiger partial charge in [-0.05, 0) is 67.2 Å². The van der Waals surface area contributed by atoms with Crippen LogP contribution < -0.4 is 0 Å². The summed E-state index contributed by atoms with van der Waals surface area (Å²) in [6.45, 7) is 5.73. The molecule has 2 aliphatic heterocycles. The van der Waals surface area contributed by atoms with Crippen LogP contribution in [0, 0.1) is 0 Å². The van der Waals surface area contributed by atoms with Gasteiger partial charge >= 0.3 is 0 Å². The molecule has 0 amide bonds. The second-order valence-corrected chi connectivity index (χ2v) is 8.44. The first kappa shape index (κ1) is 17.3. The van der Waals surface area contributed by atoms with Gasteiger partial charge in [-0.25, -0.2) is 0 Å². The van der Waals surface area contributed by atoms with E-state index in [-0.39, 0.29) is 0 Å². The van der Waals surface area contributed by atoms with Gasteiger partial charge in [0, 0.05) is 47.8 Å². The number of piperidine rings is 1. The van der Waals surface area contributed by atoms with Crippen molar-refractivity contribution in [1.29, 1.82) is 0 Å². The molecule has 2 aromatic carbocycles. The third kappa shape index (κ3) is 3.52. The van der Waals surface area contributed by atoms with Crippen LogP contribution in [0.1, 0.15) is 29.5 Å². The summed E-state index contributed by atoms with van der Waals surface area (Å²) < 4.78 is 0. The maximum atomic E-state index is 6.16. The van der Waals surface area contributed by atoms with E-state index in [1.54, 1.807) is 0 Å². The predicted molar refractivity (Wildman–Crippen MR) is 112 cm³/mol. The molecular formula is C23H26ClN3. The van der Waals surface area contributed by atoms with Gasteiger partial charge in [0.1, 0.15) is 0 Å². The standard InChI is InChI=1S/C23H26ClN3/c24-20-6-5-18-15-27(16-19(18)13-20)21-8-11-26(12-9-21)10-7-17-14-25-23-4-2-1-3-22(17)23/h1-6,13-14,21,25H,7-12,15-16H2. The van der Waals surface area contributed by atoms with E-state index in [0.717, 1.165) is 31.1 Å². The number of fused-ring (bicyclic) bond motifs is 2. The van der Waals surface area contributed by atoms with E-state index < -0.39 is 0 Å². The number of halogens is 1. The van der Waals surface area contributed by atoms with Crippen LogP contribution >= 0.6 is 11.6 Å². The number of hydrogen-bond acceptors (Lipinski definition) is 2. The number of aromatic nitrogens is 1. The number of hydrogen-bond donors (Lipinski definition) is 1. The molecule has 1 aromatic heterocycles. The topological polar surface area (TPSA) is 22.3 Å². The van der Waals surface area contributed by atoms with Crippen LogP contribution in [0.15, 0.2) is 48.7 Å². The largest absolute Gasteiger partial charge is 0.361 e. The zero-order chi connectivity index (χ0) is 18.2. The lowest BCUT2D eigenvalue weighted by Gasteiger charge is -2.36. The Balaban J connectivity index is 1.14. The Morgan fingerprint density at radius 2 is 1.81 bits per heavy atom. The first-order chi connectivity index (χ1) is 13.3. The second kappa shape index (κ2) is 7.31. The van der Waals surface area contributed by atoms with Gasteiger partial charge in [0.25, 0.3) is 0 Å². The second-order valence-electron chi connectivity index (χ2n) is 8.00. The molecule has 3 aromatic rings. The highest BCUT2D eigenvalue weighted by molar-refractivity contribution is 6.30. The lowest BCUT2D eigenvalue weighted by atomic mass is 10.0. The third-order valence-electron chi connectivity index (χ3n) is 6.36. The van der Waals surface area contributed by atoms with E-state index in [2.05, 4.69) is 57.4 Å². The van der Waals surface area contributed by atoms with Crippen LogP contribution in [-0.2, 0) is 19.5 Å². The van der Waals surface area contributed by atoms with Gasteiger partial charge in [-0.3, -0.25) is 4.90 Å². The van der Waals surface area contributed by atoms with E-state index in [1.807, 2.05) is 6.07 Å². The Bertz CT molecular complexity index is 940. The summed E-state index contributed by atoms with van der Waals surface area (Å²) in [5.74, 6) is 0. The van der Waals surface area contributed by atoms with Crippen molar-refractivity contribution in [2.45, 2.75) is 38.4 Å². The predicted octanol–water partition coefficient (Wildman–Crippen LogP) is 4.84. The molecule has 0 unspecified atom stereocenters. The minimum absolute atomic E-state index is 0.709. The number of aromatic amines is 1. The van der Waals surface area contributed by atoms with Gasteiger partial charge < -0.3 is 9.88 Å². The average molecular weight is 380 g/mol. The lowest BCUT2D eigenvalue weighted by molar-refractivity contribution is 0.107. The van der Waals surface area contributed by atoms with Gasteiger partial charge in [-0.15, -0.1) is 0 Å². The number of nitrogens with zero attached hydrogens (tertiary/aromatic N) is 2. The molecule has 0 atom stereocenters. The first-order valence-electron chi connectivity index (χ1n) is 10.0. The van der Waals surface area contributed by atoms with Crippen molar-refractivity contribution in [3.8, 4) is 0 Å². The molecule has 3 heterocycles. The molecule has 0 bridgehead atoms. The maximum Gasteiger partial charge on any atom is 0.0456 e. The van der Waals surface area contributed by atoms with E-state index in [9.17, 15) is 0 Å². The van der Waals surface area contributed by atoms with Crippen molar-refractivity contribution in [3.05, 3.63) is 70.4 Å².